The molecule has 3 heteroatoms. The minimum Gasteiger partial charge on any atom is -0.398 e. The molecule has 70 valence electrons. The first-order chi connectivity index (χ1) is 6.72. The first-order valence-corrected chi connectivity index (χ1v) is 4.34. The Kier molecular flexibility index (Phi) is 1.93. The van der Waals surface area contributed by atoms with Gasteiger partial charge in [0.05, 0.1) is 0 Å². The monoisotopic (exact) mass is 186 g/mol. The van der Waals surface area contributed by atoms with Gasteiger partial charge in [0.1, 0.15) is 5.69 Å². The van der Waals surface area contributed by atoms with E-state index in [0.29, 0.717) is 11.4 Å². The van der Waals surface area contributed by atoms with Crippen molar-refractivity contribution in [1.82, 2.24) is 0 Å². The molecule has 2 aromatic rings. The zero-order chi connectivity index (χ0) is 10.1. The Morgan fingerprint density at radius 1 is 1.21 bits per heavy atom. The van der Waals surface area contributed by atoms with E-state index in [1.165, 1.54) is 0 Å². The molecule has 2 rings (SSSR count). The van der Waals surface area contributed by atoms with Crippen LogP contribution in [0.4, 0.5) is 11.4 Å². The summed E-state index contributed by atoms with van der Waals surface area (Å²) in [6, 6.07) is 9.16. The number of anilines is 1. The summed E-state index contributed by atoms with van der Waals surface area (Å²) in [6.45, 7) is 1.94. The predicted octanol–water partition coefficient (Wildman–Crippen LogP) is 3.13. The summed E-state index contributed by atoms with van der Waals surface area (Å²) in [4.78, 5) is 10.6. The van der Waals surface area contributed by atoms with Crippen molar-refractivity contribution in [1.29, 1.82) is 0 Å². The van der Waals surface area contributed by atoms with Gasteiger partial charge in [0.2, 0.25) is 0 Å². The minimum atomic E-state index is 0.443. The molecule has 0 amide bonds. The number of hydrogen-bond donors (Lipinski definition) is 1. The molecule has 0 radical (unpaired) electrons. The number of hydrogen-bond acceptors (Lipinski definition) is 3. The number of nitrogens with two attached hydrogens (primary N) is 1. The summed E-state index contributed by atoms with van der Waals surface area (Å²) in [5.41, 5.74) is 8.00. The number of benzene rings is 2. The highest BCUT2D eigenvalue weighted by Crippen LogP contribution is 2.30. The van der Waals surface area contributed by atoms with Crippen LogP contribution >= 0.6 is 0 Å². The number of nitrogen functional groups attached to an aromatic ring is 1. The molecule has 0 atom stereocenters. The fraction of sp³-hybridized carbons (Fsp3) is 0.0909. The Morgan fingerprint density at radius 3 is 2.71 bits per heavy atom. The molecule has 14 heavy (non-hydrogen) atoms. The molecule has 0 aromatic heterocycles. The van der Waals surface area contributed by atoms with Crippen LogP contribution in [0.3, 0.4) is 0 Å². The zero-order valence-corrected chi connectivity index (χ0v) is 7.82. The van der Waals surface area contributed by atoms with E-state index in [4.69, 9.17) is 5.73 Å². The molecule has 0 aliphatic heterocycles. The average molecular weight is 186 g/mol. The maximum atomic E-state index is 10.6. The SMILES string of the molecule is Cc1cc(N)c2cccc(N=O)c2c1. The van der Waals surface area contributed by atoms with Gasteiger partial charge in [-0.2, -0.15) is 0 Å². The van der Waals surface area contributed by atoms with Crippen LogP contribution in [-0.4, -0.2) is 0 Å². The van der Waals surface area contributed by atoms with Crippen molar-refractivity contribution in [2.75, 3.05) is 5.73 Å². The van der Waals surface area contributed by atoms with Gasteiger partial charge in [-0.25, -0.2) is 0 Å². The fourth-order valence-corrected chi connectivity index (χ4v) is 1.63. The number of fused-ring (bicyclic) bond motifs is 1. The Bertz CT molecular complexity index is 506. The lowest BCUT2D eigenvalue weighted by atomic mass is 10.0. The highest BCUT2D eigenvalue weighted by Gasteiger charge is 2.03. The van der Waals surface area contributed by atoms with E-state index in [1.807, 2.05) is 25.1 Å². The van der Waals surface area contributed by atoms with Crippen LogP contribution < -0.4 is 5.73 Å². The number of nitroso groups, excluding NO2 is 1. The van der Waals surface area contributed by atoms with E-state index in [1.54, 1.807) is 12.1 Å². The molecular weight excluding hydrogens is 176 g/mol. The molecular formula is C11H10N2O. The Hall–Kier alpha value is -1.90. The van der Waals surface area contributed by atoms with Gasteiger partial charge in [-0.05, 0) is 35.9 Å². The van der Waals surface area contributed by atoms with E-state index in [0.717, 1.165) is 16.3 Å². The standard InChI is InChI=1S/C11H10N2O/c1-7-5-9-8(10(12)6-7)3-2-4-11(9)13-14/h2-6H,12H2,1H3. The van der Waals surface area contributed by atoms with Crippen molar-refractivity contribution in [2.24, 2.45) is 5.18 Å². The number of nitrogens with zero attached hydrogens (tertiary/aromatic N) is 1. The van der Waals surface area contributed by atoms with Crippen molar-refractivity contribution in [2.45, 2.75) is 6.92 Å². The summed E-state index contributed by atoms with van der Waals surface area (Å²) >= 11 is 0. The van der Waals surface area contributed by atoms with E-state index < -0.39 is 0 Å². The van der Waals surface area contributed by atoms with Gasteiger partial charge in [0.25, 0.3) is 0 Å². The Balaban J connectivity index is 2.93. The van der Waals surface area contributed by atoms with E-state index in [-0.39, 0.29) is 0 Å². The molecule has 2 aromatic carbocycles. The van der Waals surface area contributed by atoms with Crippen molar-refractivity contribution < 1.29 is 0 Å². The van der Waals surface area contributed by atoms with E-state index in [2.05, 4.69) is 5.18 Å². The first-order valence-electron chi connectivity index (χ1n) is 4.34. The third kappa shape index (κ3) is 1.23. The fourth-order valence-electron chi connectivity index (χ4n) is 1.63. The second-order valence-electron chi connectivity index (χ2n) is 3.32. The van der Waals surface area contributed by atoms with Crippen LogP contribution in [0.25, 0.3) is 10.8 Å². The highest BCUT2D eigenvalue weighted by atomic mass is 16.3. The normalized spacial score (nSPS) is 10.4. The molecule has 3 nitrogen and oxygen atoms in total. The third-order valence-corrected chi connectivity index (χ3v) is 2.25. The first kappa shape index (κ1) is 8.69. The van der Waals surface area contributed by atoms with Crippen LogP contribution in [0.2, 0.25) is 0 Å². The van der Waals surface area contributed by atoms with Crippen molar-refractivity contribution in [3.8, 4) is 0 Å². The second kappa shape index (κ2) is 3.10. The molecule has 0 bridgehead atoms. The summed E-state index contributed by atoms with van der Waals surface area (Å²) < 4.78 is 0. The third-order valence-electron chi connectivity index (χ3n) is 2.25. The van der Waals surface area contributed by atoms with Crippen molar-refractivity contribution >= 4 is 22.1 Å². The molecule has 0 unspecified atom stereocenters. The lowest BCUT2D eigenvalue weighted by Crippen LogP contribution is -1.88. The van der Waals surface area contributed by atoms with Gasteiger partial charge in [0, 0.05) is 16.5 Å². The molecule has 0 saturated heterocycles. The summed E-state index contributed by atoms with van der Waals surface area (Å²) in [5, 5.41) is 4.68. The van der Waals surface area contributed by atoms with Gasteiger partial charge >= 0.3 is 0 Å². The van der Waals surface area contributed by atoms with Crippen molar-refractivity contribution in [3.63, 3.8) is 0 Å². The maximum Gasteiger partial charge on any atom is 0.115 e. The average Bonchev–Trinajstić information content (AvgIpc) is 2.17. The second-order valence-corrected chi connectivity index (χ2v) is 3.32. The zero-order valence-electron chi connectivity index (χ0n) is 7.82. The molecule has 0 saturated carbocycles. The topological polar surface area (TPSA) is 55.4 Å². The highest BCUT2D eigenvalue weighted by molar-refractivity contribution is 6.00. The summed E-state index contributed by atoms with van der Waals surface area (Å²) in [6.07, 6.45) is 0. The van der Waals surface area contributed by atoms with Crippen LogP contribution in [0.5, 0.6) is 0 Å². The predicted molar refractivity (Wildman–Crippen MR) is 58.6 cm³/mol. The van der Waals surface area contributed by atoms with Gasteiger partial charge < -0.3 is 5.73 Å². The van der Waals surface area contributed by atoms with Crippen LogP contribution in [0.1, 0.15) is 5.56 Å². The van der Waals surface area contributed by atoms with E-state index >= 15 is 0 Å². The van der Waals surface area contributed by atoms with Crippen LogP contribution in [0.15, 0.2) is 35.5 Å². The molecule has 0 fully saturated rings. The number of rotatable bonds is 1. The molecule has 0 aliphatic carbocycles. The van der Waals surface area contributed by atoms with Crippen LogP contribution in [0, 0.1) is 11.8 Å². The Labute approximate surface area is 81.5 Å². The van der Waals surface area contributed by atoms with Gasteiger partial charge in [-0.1, -0.05) is 12.1 Å². The molecule has 0 spiro atoms. The maximum absolute atomic E-state index is 10.6. The largest absolute Gasteiger partial charge is 0.398 e. The van der Waals surface area contributed by atoms with Crippen LogP contribution in [-0.2, 0) is 0 Å². The quantitative estimate of drug-likeness (QED) is 0.549. The minimum absolute atomic E-state index is 0.443. The summed E-state index contributed by atoms with van der Waals surface area (Å²) in [5.74, 6) is 0. The number of aryl methyl sites for hydroxylation is 1. The smallest absolute Gasteiger partial charge is 0.115 e. The lowest BCUT2D eigenvalue weighted by molar-refractivity contribution is 1.48. The van der Waals surface area contributed by atoms with Crippen molar-refractivity contribution in [3.05, 3.63) is 40.8 Å². The van der Waals surface area contributed by atoms with Gasteiger partial charge in [0.15, 0.2) is 0 Å². The Morgan fingerprint density at radius 2 is 2.00 bits per heavy atom. The summed E-state index contributed by atoms with van der Waals surface area (Å²) in [7, 11) is 0. The molecule has 0 heterocycles. The molecule has 2 N–H and O–H groups in total. The molecule has 0 aliphatic rings. The lowest BCUT2D eigenvalue weighted by Gasteiger charge is -2.04. The van der Waals surface area contributed by atoms with Gasteiger partial charge in [-0.15, -0.1) is 4.91 Å². The van der Waals surface area contributed by atoms with E-state index in [9.17, 15) is 4.91 Å². The van der Waals surface area contributed by atoms with Gasteiger partial charge in [-0.3, -0.25) is 0 Å².